The van der Waals surface area contributed by atoms with Crippen LogP contribution in [0.25, 0.3) is 6.20 Å². The molecule has 1 N–H and O–H groups in total. The molecule has 1 aliphatic rings. The molecule has 7 heteroatoms. The van der Waals surface area contributed by atoms with Crippen molar-refractivity contribution in [2.45, 2.75) is 19.9 Å². The SMILES string of the molecule is C=Cn1cc(CN2CC[C@H](CNC(=O)c3cnc(C)cn3)C2)cn1. The van der Waals surface area contributed by atoms with Crippen LogP contribution in [0.2, 0.25) is 0 Å². The highest BCUT2D eigenvalue weighted by Crippen LogP contribution is 2.18. The summed E-state index contributed by atoms with van der Waals surface area (Å²) in [6.45, 7) is 9.09. The van der Waals surface area contributed by atoms with Crippen molar-refractivity contribution >= 4 is 12.1 Å². The highest BCUT2D eigenvalue weighted by atomic mass is 16.1. The van der Waals surface area contributed by atoms with Crippen molar-refractivity contribution in [2.24, 2.45) is 5.92 Å². The first-order chi connectivity index (χ1) is 11.6. The van der Waals surface area contributed by atoms with Gasteiger partial charge in [-0.2, -0.15) is 5.10 Å². The molecule has 0 bridgehead atoms. The molecule has 1 fully saturated rings. The lowest BCUT2D eigenvalue weighted by atomic mass is 10.1. The second-order valence-corrected chi connectivity index (χ2v) is 6.15. The molecule has 0 saturated carbocycles. The largest absolute Gasteiger partial charge is 0.350 e. The number of hydrogen-bond acceptors (Lipinski definition) is 5. The van der Waals surface area contributed by atoms with Gasteiger partial charge in [-0.3, -0.25) is 14.7 Å². The van der Waals surface area contributed by atoms with Gasteiger partial charge in [0.25, 0.3) is 5.91 Å². The lowest BCUT2D eigenvalue weighted by Gasteiger charge is -2.15. The van der Waals surface area contributed by atoms with E-state index in [0.29, 0.717) is 18.2 Å². The minimum absolute atomic E-state index is 0.159. The molecule has 1 aliphatic heterocycles. The summed E-state index contributed by atoms with van der Waals surface area (Å²) in [5, 5.41) is 7.16. The zero-order valence-corrected chi connectivity index (χ0v) is 13.9. The van der Waals surface area contributed by atoms with Crippen LogP contribution in [0.1, 0.15) is 28.2 Å². The molecule has 2 aromatic heterocycles. The molecule has 24 heavy (non-hydrogen) atoms. The zero-order chi connectivity index (χ0) is 16.9. The van der Waals surface area contributed by atoms with Crippen molar-refractivity contribution in [2.75, 3.05) is 19.6 Å². The molecule has 1 saturated heterocycles. The van der Waals surface area contributed by atoms with Crippen LogP contribution in [0.5, 0.6) is 0 Å². The quantitative estimate of drug-likeness (QED) is 0.867. The number of rotatable bonds is 6. The molecule has 1 amide bonds. The monoisotopic (exact) mass is 326 g/mol. The predicted molar refractivity (Wildman–Crippen MR) is 91.1 cm³/mol. The molecule has 7 nitrogen and oxygen atoms in total. The first-order valence-corrected chi connectivity index (χ1v) is 8.09. The van der Waals surface area contributed by atoms with Gasteiger partial charge >= 0.3 is 0 Å². The van der Waals surface area contributed by atoms with Crippen molar-refractivity contribution < 1.29 is 4.79 Å². The molecule has 0 aliphatic carbocycles. The number of nitrogens with one attached hydrogen (secondary N) is 1. The van der Waals surface area contributed by atoms with E-state index in [0.717, 1.165) is 31.7 Å². The van der Waals surface area contributed by atoms with Crippen LogP contribution < -0.4 is 5.32 Å². The van der Waals surface area contributed by atoms with Crippen LogP contribution in [-0.2, 0) is 6.54 Å². The Morgan fingerprint density at radius 1 is 1.42 bits per heavy atom. The number of carbonyl (C=O) groups is 1. The van der Waals surface area contributed by atoms with Gasteiger partial charge in [-0.1, -0.05) is 6.58 Å². The minimum atomic E-state index is -0.159. The number of aromatic nitrogens is 4. The molecule has 1 atom stereocenters. The van der Waals surface area contributed by atoms with Gasteiger partial charge in [-0.25, -0.2) is 9.67 Å². The van der Waals surface area contributed by atoms with Crippen LogP contribution in [0.4, 0.5) is 0 Å². The van der Waals surface area contributed by atoms with Crippen molar-refractivity contribution in [1.82, 2.24) is 30.0 Å². The number of carbonyl (C=O) groups excluding carboxylic acids is 1. The van der Waals surface area contributed by atoms with Crippen LogP contribution in [-0.4, -0.2) is 50.2 Å². The van der Waals surface area contributed by atoms with Crippen molar-refractivity contribution in [3.63, 3.8) is 0 Å². The molecule has 0 spiro atoms. The lowest BCUT2D eigenvalue weighted by molar-refractivity contribution is 0.0942. The van der Waals surface area contributed by atoms with Crippen molar-refractivity contribution in [1.29, 1.82) is 0 Å². The van der Waals surface area contributed by atoms with Crippen molar-refractivity contribution in [3.05, 3.63) is 48.3 Å². The summed E-state index contributed by atoms with van der Waals surface area (Å²) in [6, 6.07) is 0. The maximum atomic E-state index is 12.1. The number of aryl methyl sites for hydroxylation is 1. The zero-order valence-electron chi connectivity index (χ0n) is 13.9. The van der Waals surface area contributed by atoms with Crippen LogP contribution in [0, 0.1) is 12.8 Å². The summed E-state index contributed by atoms with van der Waals surface area (Å²) < 4.78 is 1.71. The Morgan fingerprint density at radius 3 is 3.00 bits per heavy atom. The first kappa shape index (κ1) is 16.3. The Labute approximate surface area is 141 Å². The van der Waals surface area contributed by atoms with E-state index in [1.54, 1.807) is 17.1 Å². The second-order valence-electron chi connectivity index (χ2n) is 6.15. The standard InChI is InChI=1S/C17H22N6O/c1-3-23-12-15(8-21-23)11-22-5-4-14(10-22)7-20-17(24)16-9-18-13(2)6-19-16/h3,6,8-9,12,14H,1,4-5,7,10-11H2,2H3,(H,20,24)/t14-/m1/s1. The Morgan fingerprint density at radius 2 is 2.29 bits per heavy atom. The third-order valence-electron chi connectivity index (χ3n) is 4.18. The predicted octanol–water partition coefficient (Wildman–Crippen LogP) is 1.33. The fourth-order valence-electron chi connectivity index (χ4n) is 2.88. The van der Waals surface area contributed by atoms with E-state index >= 15 is 0 Å². The molecule has 0 unspecified atom stereocenters. The summed E-state index contributed by atoms with van der Waals surface area (Å²) in [4.78, 5) is 22.7. The summed E-state index contributed by atoms with van der Waals surface area (Å²) in [7, 11) is 0. The number of likely N-dealkylation sites (tertiary alicyclic amines) is 1. The highest BCUT2D eigenvalue weighted by molar-refractivity contribution is 5.91. The Balaban J connectivity index is 1.45. The minimum Gasteiger partial charge on any atom is -0.350 e. The van der Waals surface area contributed by atoms with Gasteiger partial charge in [-0.15, -0.1) is 0 Å². The van der Waals surface area contributed by atoms with Crippen LogP contribution >= 0.6 is 0 Å². The molecule has 3 heterocycles. The normalized spacial score (nSPS) is 17.8. The lowest BCUT2D eigenvalue weighted by Crippen LogP contribution is -2.31. The van der Waals surface area contributed by atoms with Gasteiger partial charge in [0.1, 0.15) is 5.69 Å². The van der Waals surface area contributed by atoms with Gasteiger partial charge in [0.15, 0.2) is 0 Å². The third-order valence-corrected chi connectivity index (χ3v) is 4.18. The molecule has 3 rings (SSSR count). The molecule has 0 aromatic carbocycles. The summed E-state index contributed by atoms with van der Waals surface area (Å²) in [6.07, 6.45) is 9.73. The second kappa shape index (κ2) is 7.35. The number of amides is 1. The highest BCUT2D eigenvalue weighted by Gasteiger charge is 2.23. The van der Waals surface area contributed by atoms with Crippen molar-refractivity contribution in [3.8, 4) is 0 Å². The van der Waals surface area contributed by atoms with E-state index in [-0.39, 0.29) is 5.91 Å². The van der Waals surface area contributed by atoms with Gasteiger partial charge < -0.3 is 5.32 Å². The Hall–Kier alpha value is -2.54. The van der Waals surface area contributed by atoms with E-state index in [9.17, 15) is 4.79 Å². The van der Waals surface area contributed by atoms with Gasteiger partial charge in [0, 0.05) is 43.8 Å². The molecular weight excluding hydrogens is 304 g/mol. The maximum absolute atomic E-state index is 12.1. The Bertz CT molecular complexity index is 708. The number of nitrogens with zero attached hydrogens (tertiary/aromatic N) is 5. The van der Waals surface area contributed by atoms with Gasteiger partial charge in [0.2, 0.25) is 0 Å². The third kappa shape index (κ3) is 4.05. The number of hydrogen-bond donors (Lipinski definition) is 1. The summed E-state index contributed by atoms with van der Waals surface area (Å²) >= 11 is 0. The maximum Gasteiger partial charge on any atom is 0.271 e. The summed E-state index contributed by atoms with van der Waals surface area (Å²) in [5.41, 5.74) is 2.35. The summed E-state index contributed by atoms with van der Waals surface area (Å²) in [5.74, 6) is 0.301. The van der Waals surface area contributed by atoms with E-state index in [1.807, 2.05) is 19.3 Å². The molecular formula is C17H22N6O. The van der Waals surface area contributed by atoms with Gasteiger partial charge in [0.05, 0.1) is 18.1 Å². The van der Waals surface area contributed by atoms with E-state index in [4.69, 9.17) is 0 Å². The average molecular weight is 326 g/mol. The smallest absolute Gasteiger partial charge is 0.271 e. The fourth-order valence-corrected chi connectivity index (χ4v) is 2.88. The van der Waals surface area contributed by atoms with E-state index in [1.165, 1.54) is 11.8 Å². The van der Waals surface area contributed by atoms with E-state index in [2.05, 4.69) is 31.9 Å². The molecule has 126 valence electrons. The molecule has 2 aromatic rings. The van der Waals surface area contributed by atoms with Gasteiger partial charge in [-0.05, 0) is 25.8 Å². The topological polar surface area (TPSA) is 75.9 Å². The van der Waals surface area contributed by atoms with E-state index < -0.39 is 0 Å². The Kier molecular flexibility index (Phi) is 5.00. The first-order valence-electron chi connectivity index (χ1n) is 8.09. The fraction of sp³-hybridized carbons (Fsp3) is 0.412. The average Bonchev–Trinajstić information content (AvgIpc) is 3.23. The van der Waals surface area contributed by atoms with Crippen LogP contribution in [0.15, 0.2) is 31.4 Å². The van der Waals surface area contributed by atoms with Crippen LogP contribution in [0.3, 0.4) is 0 Å². The molecule has 0 radical (unpaired) electrons.